The van der Waals surface area contributed by atoms with Crippen LogP contribution in [-0.4, -0.2) is 34.7 Å². The van der Waals surface area contributed by atoms with E-state index in [9.17, 15) is 5.26 Å². The molecule has 0 radical (unpaired) electrons. The number of rotatable bonds is 10. The molecular formula is C34H51N5. The quantitative estimate of drug-likeness (QED) is 0.372. The van der Waals surface area contributed by atoms with Crippen molar-refractivity contribution < 1.29 is 0 Å². The summed E-state index contributed by atoms with van der Waals surface area (Å²) in [6.07, 6.45) is 11.6. The Kier molecular flexibility index (Phi) is 12.9. The van der Waals surface area contributed by atoms with Crippen LogP contribution in [0.2, 0.25) is 0 Å². The van der Waals surface area contributed by atoms with Gasteiger partial charge in [-0.15, -0.1) is 5.10 Å². The molecule has 0 spiro atoms. The van der Waals surface area contributed by atoms with Crippen LogP contribution in [0.5, 0.6) is 0 Å². The third-order valence-electron chi connectivity index (χ3n) is 8.23. The molecule has 0 saturated carbocycles. The van der Waals surface area contributed by atoms with Crippen molar-refractivity contribution in [1.29, 1.82) is 5.26 Å². The Bertz CT molecular complexity index is 1260. The molecule has 1 aromatic heterocycles. The summed E-state index contributed by atoms with van der Waals surface area (Å²) in [6, 6.07) is 8.02. The molecule has 2 heterocycles. The minimum Gasteiger partial charge on any atom is -0.364 e. The first-order chi connectivity index (χ1) is 18.7. The maximum absolute atomic E-state index is 9.21. The van der Waals surface area contributed by atoms with Gasteiger partial charge in [-0.3, -0.25) is 0 Å². The molecule has 1 aliphatic rings. The number of nitrogens with zero attached hydrogens (tertiary/aromatic N) is 4. The molecule has 5 heteroatoms. The molecule has 3 rings (SSSR count). The summed E-state index contributed by atoms with van der Waals surface area (Å²) in [7, 11) is 0. The maximum atomic E-state index is 9.21. The summed E-state index contributed by atoms with van der Waals surface area (Å²) in [4.78, 5) is 2.56. The lowest BCUT2D eigenvalue weighted by atomic mass is 9.71. The summed E-state index contributed by atoms with van der Waals surface area (Å²) in [5.41, 5.74) is 5.59. The van der Waals surface area contributed by atoms with Crippen LogP contribution in [0.15, 0.2) is 29.8 Å². The summed E-state index contributed by atoms with van der Waals surface area (Å²) in [5.74, 6) is 1.67. The molecule has 0 amide bonds. The van der Waals surface area contributed by atoms with Crippen LogP contribution in [0.4, 0.5) is 5.82 Å². The highest BCUT2D eigenvalue weighted by atomic mass is 15.2. The van der Waals surface area contributed by atoms with Crippen LogP contribution in [0.3, 0.4) is 0 Å². The minimum atomic E-state index is 0.597. The normalized spacial score (nSPS) is 16.7. The fourth-order valence-electron chi connectivity index (χ4n) is 5.49. The van der Waals surface area contributed by atoms with Gasteiger partial charge in [0.2, 0.25) is 0 Å². The van der Waals surface area contributed by atoms with Gasteiger partial charge in [0.25, 0.3) is 0 Å². The Balaban J connectivity index is 0.000000344. The van der Waals surface area contributed by atoms with Crippen LogP contribution in [0.1, 0.15) is 96.5 Å². The Morgan fingerprint density at radius 3 is 2.44 bits per heavy atom. The molecule has 5 nitrogen and oxygen atoms in total. The highest BCUT2D eigenvalue weighted by molar-refractivity contribution is 5.54. The zero-order valence-electron chi connectivity index (χ0n) is 26.0. The van der Waals surface area contributed by atoms with E-state index in [-0.39, 0.29) is 0 Å². The summed E-state index contributed by atoms with van der Waals surface area (Å²) in [5, 5.41) is 23.4. The second-order valence-electron chi connectivity index (χ2n) is 11.2. The van der Waals surface area contributed by atoms with E-state index in [0.29, 0.717) is 17.5 Å². The predicted molar refractivity (Wildman–Crippen MR) is 167 cm³/mol. The van der Waals surface area contributed by atoms with E-state index in [2.05, 4.69) is 86.3 Å². The largest absolute Gasteiger partial charge is 0.364 e. The molecular weight excluding hydrogens is 478 g/mol. The van der Waals surface area contributed by atoms with Gasteiger partial charge in [-0.25, -0.2) is 0 Å². The van der Waals surface area contributed by atoms with Gasteiger partial charge in [0.15, 0.2) is 5.82 Å². The number of benzene rings is 1. The van der Waals surface area contributed by atoms with Crippen molar-refractivity contribution in [1.82, 2.24) is 15.1 Å². The lowest BCUT2D eigenvalue weighted by molar-refractivity contribution is -0.0166. The van der Waals surface area contributed by atoms with Gasteiger partial charge >= 0.3 is 0 Å². The van der Waals surface area contributed by atoms with Crippen LogP contribution < -0.4 is 15.8 Å². The highest BCUT2D eigenvalue weighted by Crippen LogP contribution is 2.40. The lowest BCUT2D eigenvalue weighted by Crippen LogP contribution is -2.56. The molecule has 1 aromatic carbocycles. The van der Waals surface area contributed by atoms with E-state index < -0.39 is 0 Å². The Hall–Kier alpha value is -2.97. The molecule has 212 valence electrons. The van der Waals surface area contributed by atoms with Gasteiger partial charge in [-0.1, -0.05) is 70.9 Å². The van der Waals surface area contributed by atoms with Gasteiger partial charge in [-0.2, -0.15) is 10.4 Å². The van der Waals surface area contributed by atoms with E-state index in [4.69, 9.17) is 0 Å². The number of hydrogen-bond acceptors (Lipinski definition) is 5. The average Bonchev–Trinajstić information content (AvgIpc) is 2.91. The predicted octanol–water partition coefficient (Wildman–Crippen LogP) is 6.67. The second-order valence-corrected chi connectivity index (χ2v) is 11.2. The molecule has 1 atom stereocenters. The van der Waals surface area contributed by atoms with Crippen molar-refractivity contribution in [2.75, 3.05) is 25.0 Å². The number of likely N-dealkylation sites (tertiary alicyclic amines) is 1. The number of allylic oxidation sites excluding steroid dienone is 2. The average molecular weight is 530 g/mol. The van der Waals surface area contributed by atoms with E-state index in [1.807, 2.05) is 39.0 Å². The Morgan fingerprint density at radius 2 is 1.87 bits per heavy atom. The molecule has 1 N–H and O–H groups in total. The number of nitrogens with one attached hydrogen (secondary N) is 1. The third-order valence-corrected chi connectivity index (χ3v) is 8.23. The van der Waals surface area contributed by atoms with Gasteiger partial charge < -0.3 is 10.2 Å². The molecule has 0 bridgehead atoms. The number of anilines is 1. The summed E-state index contributed by atoms with van der Waals surface area (Å²) < 4.78 is 0. The maximum Gasteiger partial charge on any atom is 0.156 e. The van der Waals surface area contributed by atoms with Crippen LogP contribution in [0, 0.1) is 36.5 Å². The number of aromatic nitrogens is 2. The standard InChI is InChI=1S/C22H26N4.C12H25N/c1-6-9-15(3)12-21-20(7-2)17(5)25-26-22(21)24-14-19-11-8-10-18(13-23)16(19)4;1-5-11(4)8-12(6-2)9-13(7-3)10-12/h7-12H,6,14H2,1-5H3,(H,24,26);11H,5-10H2,1-4H3/b15-9+,20-7-,21-12+;. The van der Waals surface area contributed by atoms with Crippen LogP contribution in [-0.2, 0) is 6.54 Å². The lowest BCUT2D eigenvalue weighted by Gasteiger charge is -2.51. The molecule has 1 fully saturated rings. The Labute approximate surface area is 237 Å². The topological polar surface area (TPSA) is 64.8 Å². The fourth-order valence-corrected chi connectivity index (χ4v) is 5.49. The highest BCUT2D eigenvalue weighted by Gasteiger charge is 2.40. The van der Waals surface area contributed by atoms with E-state index >= 15 is 0 Å². The number of hydrogen-bond donors (Lipinski definition) is 1. The summed E-state index contributed by atoms with van der Waals surface area (Å²) in [6.45, 7) is 24.1. The van der Waals surface area contributed by atoms with Gasteiger partial charge in [0, 0.05) is 30.1 Å². The zero-order chi connectivity index (χ0) is 29.0. The third kappa shape index (κ3) is 8.77. The first-order valence-electron chi connectivity index (χ1n) is 14.8. The van der Waals surface area contributed by atoms with Gasteiger partial charge in [-0.05, 0) is 88.1 Å². The first kappa shape index (κ1) is 32.2. The van der Waals surface area contributed by atoms with E-state index in [1.54, 1.807) is 0 Å². The van der Waals surface area contributed by atoms with Gasteiger partial charge in [0.05, 0.1) is 17.3 Å². The second kappa shape index (κ2) is 15.6. The number of nitriles is 1. The SMILES string of the molecule is C/C=c1/c(C)nnc(NCc2cccc(C#N)c2C)/c1=C/C(C)=C/CC.CCC(C)CC1(CC)CN(CC)C1. The van der Waals surface area contributed by atoms with Crippen molar-refractivity contribution in [3.63, 3.8) is 0 Å². The molecule has 1 saturated heterocycles. The fraction of sp³-hybridized carbons (Fsp3) is 0.559. The van der Waals surface area contributed by atoms with E-state index in [1.165, 1.54) is 44.5 Å². The van der Waals surface area contributed by atoms with Crippen molar-refractivity contribution in [2.45, 2.75) is 94.5 Å². The van der Waals surface area contributed by atoms with Crippen molar-refractivity contribution in [3.8, 4) is 6.07 Å². The Morgan fingerprint density at radius 1 is 1.15 bits per heavy atom. The minimum absolute atomic E-state index is 0.597. The molecule has 1 unspecified atom stereocenters. The van der Waals surface area contributed by atoms with Crippen molar-refractivity contribution in [3.05, 3.63) is 62.7 Å². The smallest absolute Gasteiger partial charge is 0.156 e. The summed E-state index contributed by atoms with van der Waals surface area (Å²) >= 11 is 0. The monoisotopic (exact) mass is 529 g/mol. The van der Waals surface area contributed by atoms with Crippen LogP contribution in [0.25, 0.3) is 12.2 Å². The van der Waals surface area contributed by atoms with Crippen molar-refractivity contribution in [2.24, 2.45) is 11.3 Å². The first-order valence-corrected chi connectivity index (χ1v) is 14.8. The van der Waals surface area contributed by atoms with Crippen molar-refractivity contribution >= 4 is 18.0 Å². The molecule has 39 heavy (non-hydrogen) atoms. The van der Waals surface area contributed by atoms with Gasteiger partial charge in [0.1, 0.15) is 0 Å². The molecule has 0 aliphatic carbocycles. The zero-order valence-corrected chi connectivity index (χ0v) is 26.0. The number of aryl methyl sites for hydroxylation is 1. The molecule has 2 aromatic rings. The van der Waals surface area contributed by atoms with E-state index in [0.717, 1.165) is 45.4 Å². The van der Waals surface area contributed by atoms with Crippen LogP contribution >= 0.6 is 0 Å². The molecule has 1 aliphatic heterocycles.